The average Bonchev–Trinajstić information content (AvgIpc) is 2.96. The smallest absolute Gasteiger partial charge is 0.348 e. The van der Waals surface area contributed by atoms with Gasteiger partial charge < -0.3 is 14.6 Å². The molecular formula is C14H12ClNO7S. The van der Waals surface area contributed by atoms with Crippen LogP contribution in [0.2, 0.25) is 4.34 Å². The quantitative estimate of drug-likeness (QED) is 0.498. The molecular weight excluding hydrogens is 362 g/mol. The van der Waals surface area contributed by atoms with Gasteiger partial charge >= 0.3 is 11.9 Å². The molecule has 128 valence electrons. The van der Waals surface area contributed by atoms with Gasteiger partial charge in [0.2, 0.25) is 0 Å². The van der Waals surface area contributed by atoms with Gasteiger partial charge in [-0.15, -0.1) is 11.3 Å². The minimum absolute atomic E-state index is 0.0228. The Hall–Kier alpha value is -2.65. The highest BCUT2D eigenvalue weighted by Gasteiger charge is 2.21. The van der Waals surface area contributed by atoms with Crippen molar-refractivity contribution in [3.8, 4) is 5.75 Å². The summed E-state index contributed by atoms with van der Waals surface area (Å²) < 4.78 is 8.77. The number of thiophene rings is 1. The summed E-state index contributed by atoms with van der Waals surface area (Å²) in [5, 5.41) is 19.4. The SMILES string of the molecule is COC(=O)c1cc([N+](=O)[O-])c(Cl)s1.COC(=O)c1ccccc1O. The van der Waals surface area contributed by atoms with Crippen molar-refractivity contribution in [2.24, 2.45) is 0 Å². The number of phenolic OH excluding ortho intramolecular Hbond substituents is 1. The molecule has 0 unspecified atom stereocenters. The van der Waals surface area contributed by atoms with Crippen LogP contribution in [0.4, 0.5) is 5.69 Å². The van der Waals surface area contributed by atoms with Crippen molar-refractivity contribution in [2.45, 2.75) is 0 Å². The van der Waals surface area contributed by atoms with E-state index in [-0.39, 0.29) is 26.2 Å². The fourth-order valence-electron chi connectivity index (χ4n) is 1.44. The van der Waals surface area contributed by atoms with Crippen molar-refractivity contribution in [1.82, 2.24) is 0 Å². The number of hydrogen-bond acceptors (Lipinski definition) is 8. The Bertz CT molecular complexity index is 759. The maximum absolute atomic E-state index is 10.9. The Morgan fingerprint density at radius 2 is 1.79 bits per heavy atom. The number of benzene rings is 1. The maximum atomic E-state index is 10.9. The molecule has 24 heavy (non-hydrogen) atoms. The summed E-state index contributed by atoms with van der Waals surface area (Å²) in [4.78, 5) is 31.6. The summed E-state index contributed by atoms with van der Waals surface area (Å²) >= 11 is 6.33. The van der Waals surface area contributed by atoms with Crippen LogP contribution in [0.3, 0.4) is 0 Å². The molecule has 0 bridgehead atoms. The number of halogens is 1. The summed E-state index contributed by atoms with van der Waals surface area (Å²) in [6.45, 7) is 0. The number of nitro groups is 1. The number of esters is 2. The molecule has 1 aromatic heterocycles. The number of para-hydroxylation sites is 1. The van der Waals surface area contributed by atoms with Crippen LogP contribution in [0.1, 0.15) is 20.0 Å². The van der Waals surface area contributed by atoms with E-state index in [1.807, 2.05) is 0 Å². The molecule has 10 heteroatoms. The molecule has 0 aliphatic heterocycles. The van der Waals surface area contributed by atoms with Crippen LogP contribution in [-0.4, -0.2) is 36.2 Å². The summed E-state index contributed by atoms with van der Waals surface area (Å²) in [5.41, 5.74) is -0.0814. The molecule has 0 saturated heterocycles. The third-order valence-corrected chi connectivity index (χ3v) is 3.88. The van der Waals surface area contributed by atoms with Crippen molar-refractivity contribution in [3.05, 3.63) is 55.2 Å². The first kappa shape index (κ1) is 19.4. The Morgan fingerprint density at radius 3 is 2.25 bits per heavy atom. The van der Waals surface area contributed by atoms with E-state index in [1.54, 1.807) is 12.1 Å². The normalized spacial score (nSPS) is 9.46. The molecule has 0 aliphatic rings. The van der Waals surface area contributed by atoms with Crippen LogP contribution in [0.25, 0.3) is 0 Å². The molecule has 8 nitrogen and oxygen atoms in total. The number of nitrogens with zero attached hydrogens (tertiary/aromatic N) is 1. The number of phenols is 1. The number of carbonyl (C=O) groups is 2. The molecule has 2 aromatic rings. The van der Waals surface area contributed by atoms with Gasteiger partial charge in [-0.1, -0.05) is 23.7 Å². The number of aromatic hydroxyl groups is 1. The van der Waals surface area contributed by atoms with Crippen LogP contribution in [0, 0.1) is 10.1 Å². The Kier molecular flexibility index (Phi) is 7.15. The van der Waals surface area contributed by atoms with Crippen LogP contribution in [0.15, 0.2) is 30.3 Å². The minimum Gasteiger partial charge on any atom is -0.507 e. The minimum atomic E-state index is -0.648. The van der Waals surface area contributed by atoms with Crippen molar-refractivity contribution in [2.75, 3.05) is 14.2 Å². The molecule has 0 fully saturated rings. The van der Waals surface area contributed by atoms with Gasteiger partial charge in [-0.05, 0) is 12.1 Å². The fraction of sp³-hybridized carbons (Fsp3) is 0.143. The summed E-state index contributed by atoms with van der Waals surface area (Å²) in [6, 6.07) is 7.33. The van der Waals surface area contributed by atoms with Crippen molar-refractivity contribution >= 4 is 40.6 Å². The lowest BCUT2D eigenvalue weighted by Crippen LogP contribution is -2.00. The number of carbonyl (C=O) groups excluding carboxylic acids is 2. The Labute approximate surface area is 145 Å². The molecule has 1 heterocycles. The van der Waals surface area contributed by atoms with Crippen LogP contribution < -0.4 is 0 Å². The summed E-state index contributed by atoms with van der Waals surface area (Å²) in [5.74, 6) is -1.21. The van der Waals surface area contributed by atoms with Crippen LogP contribution in [-0.2, 0) is 9.47 Å². The van der Waals surface area contributed by atoms with Crippen molar-refractivity contribution in [1.29, 1.82) is 0 Å². The monoisotopic (exact) mass is 373 g/mol. The third kappa shape index (κ3) is 4.93. The van der Waals surface area contributed by atoms with Gasteiger partial charge in [-0.25, -0.2) is 9.59 Å². The predicted molar refractivity (Wildman–Crippen MR) is 86.8 cm³/mol. The van der Waals surface area contributed by atoms with Gasteiger partial charge in [0.15, 0.2) is 4.34 Å². The second-order valence-electron chi connectivity index (χ2n) is 4.03. The molecule has 0 amide bonds. The van der Waals surface area contributed by atoms with Gasteiger partial charge in [-0.2, -0.15) is 0 Å². The lowest BCUT2D eigenvalue weighted by Gasteiger charge is -1.99. The second-order valence-corrected chi connectivity index (χ2v) is 5.68. The highest BCUT2D eigenvalue weighted by molar-refractivity contribution is 7.18. The molecule has 0 spiro atoms. The van der Waals surface area contributed by atoms with Crippen molar-refractivity contribution in [3.63, 3.8) is 0 Å². The molecule has 2 rings (SSSR count). The van der Waals surface area contributed by atoms with E-state index < -0.39 is 16.9 Å². The standard InChI is InChI=1S/C8H8O3.C6H4ClNO4S/c1-11-8(10)6-4-2-3-5-7(6)9;1-12-6(9)4-2-3(8(10)11)5(7)13-4/h2-5,9H,1H3;2H,1H3. The Morgan fingerprint density at radius 1 is 1.21 bits per heavy atom. The lowest BCUT2D eigenvalue weighted by atomic mass is 10.2. The lowest BCUT2D eigenvalue weighted by molar-refractivity contribution is -0.384. The largest absolute Gasteiger partial charge is 0.507 e. The van der Waals surface area contributed by atoms with Gasteiger partial charge in [0.25, 0.3) is 5.69 Å². The van der Waals surface area contributed by atoms with E-state index in [0.717, 1.165) is 17.4 Å². The summed E-state index contributed by atoms with van der Waals surface area (Å²) in [7, 11) is 2.47. The van der Waals surface area contributed by atoms with E-state index in [2.05, 4.69) is 9.47 Å². The number of rotatable bonds is 3. The number of methoxy groups -OCH3 is 2. The number of ether oxygens (including phenoxy) is 2. The van der Waals surface area contributed by atoms with E-state index in [9.17, 15) is 19.7 Å². The molecule has 1 N–H and O–H groups in total. The maximum Gasteiger partial charge on any atom is 0.348 e. The van der Waals surface area contributed by atoms with Gasteiger partial charge in [-0.3, -0.25) is 10.1 Å². The van der Waals surface area contributed by atoms with E-state index >= 15 is 0 Å². The first-order chi connectivity index (χ1) is 11.3. The predicted octanol–water partition coefficient (Wildman–Crippen LogP) is 3.28. The van der Waals surface area contributed by atoms with Crippen LogP contribution >= 0.6 is 22.9 Å². The molecule has 0 saturated carbocycles. The highest BCUT2D eigenvalue weighted by atomic mass is 35.5. The summed E-state index contributed by atoms with van der Waals surface area (Å²) in [6.07, 6.45) is 0. The van der Waals surface area contributed by atoms with E-state index in [0.29, 0.717) is 0 Å². The molecule has 0 aliphatic carbocycles. The third-order valence-electron chi connectivity index (χ3n) is 2.56. The highest BCUT2D eigenvalue weighted by Crippen LogP contribution is 2.33. The van der Waals surface area contributed by atoms with Gasteiger partial charge in [0.05, 0.1) is 19.1 Å². The average molecular weight is 374 g/mol. The fourth-order valence-corrected chi connectivity index (χ4v) is 2.58. The van der Waals surface area contributed by atoms with E-state index in [1.165, 1.54) is 26.4 Å². The van der Waals surface area contributed by atoms with Crippen LogP contribution in [0.5, 0.6) is 5.75 Å². The first-order valence-electron chi connectivity index (χ1n) is 6.20. The topological polar surface area (TPSA) is 116 Å². The van der Waals surface area contributed by atoms with Crippen molar-refractivity contribution < 1.29 is 29.1 Å². The van der Waals surface area contributed by atoms with Gasteiger partial charge in [0.1, 0.15) is 16.2 Å². The zero-order valence-corrected chi connectivity index (χ0v) is 14.1. The molecule has 1 aromatic carbocycles. The number of hydrogen-bond donors (Lipinski definition) is 1. The zero-order chi connectivity index (χ0) is 18.3. The molecule has 0 radical (unpaired) electrons. The Balaban J connectivity index is 0.000000243. The zero-order valence-electron chi connectivity index (χ0n) is 12.5. The second kappa shape index (κ2) is 8.85. The van der Waals surface area contributed by atoms with Gasteiger partial charge in [0, 0.05) is 6.07 Å². The first-order valence-corrected chi connectivity index (χ1v) is 7.39. The molecule has 0 atom stereocenters. The van der Waals surface area contributed by atoms with E-state index in [4.69, 9.17) is 16.7 Å².